The highest BCUT2D eigenvalue weighted by Gasteiger charge is 2.17. The third-order valence-electron chi connectivity index (χ3n) is 4.63. The van der Waals surface area contributed by atoms with Gasteiger partial charge in [0, 0.05) is 29.8 Å². The van der Waals surface area contributed by atoms with Gasteiger partial charge in [-0.1, -0.05) is 25.4 Å². The Bertz CT molecular complexity index is 1020. The Balaban J connectivity index is 2.09. The maximum Gasteiger partial charge on any atom is 0.258 e. The normalized spacial score (nSPS) is 11.1. The summed E-state index contributed by atoms with van der Waals surface area (Å²) in [5.41, 5.74) is 1.90. The second kappa shape index (κ2) is 11.8. The summed E-state index contributed by atoms with van der Waals surface area (Å²) in [6.45, 7) is 9.61. The number of benzene rings is 2. The molecule has 3 N–H and O–H groups in total. The molecule has 0 bridgehead atoms. The molecule has 9 heteroatoms. The third kappa shape index (κ3) is 8.02. The summed E-state index contributed by atoms with van der Waals surface area (Å²) in [6.07, 6.45) is 0. The van der Waals surface area contributed by atoms with E-state index < -0.39 is 0 Å². The third-order valence-corrected chi connectivity index (χ3v) is 4.91. The Hall–Kier alpha value is -3.13. The van der Waals surface area contributed by atoms with E-state index in [1.54, 1.807) is 31.4 Å². The van der Waals surface area contributed by atoms with E-state index in [1.165, 1.54) is 7.11 Å². The first-order valence-corrected chi connectivity index (χ1v) is 11.3. The van der Waals surface area contributed by atoms with Crippen molar-refractivity contribution < 1.29 is 23.8 Å². The zero-order valence-corrected chi connectivity index (χ0v) is 21.6. The number of amides is 2. The van der Waals surface area contributed by atoms with Crippen LogP contribution in [0.15, 0.2) is 30.3 Å². The van der Waals surface area contributed by atoms with Crippen molar-refractivity contribution in [3.05, 3.63) is 40.9 Å². The van der Waals surface area contributed by atoms with Crippen LogP contribution in [0.3, 0.4) is 0 Å². The van der Waals surface area contributed by atoms with Crippen LogP contribution in [0.4, 0.5) is 11.4 Å². The monoisotopic (exact) mass is 491 g/mol. The number of halogens is 1. The van der Waals surface area contributed by atoms with Crippen molar-refractivity contribution in [1.82, 2.24) is 5.32 Å². The van der Waals surface area contributed by atoms with Crippen molar-refractivity contribution in [2.24, 2.45) is 5.92 Å². The van der Waals surface area contributed by atoms with Crippen LogP contribution in [0.25, 0.3) is 0 Å². The summed E-state index contributed by atoms with van der Waals surface area (Å²) in [5.74, 6) is 0.812. The Kier molecular flexibility index (Phi) is 9.44. The molecule has 0 unspecified atom stereocenters. The predicted molar refractivity (Wildman–Crippen MR) is 135 cm³/mol. The van der Waals surface area contributed by atoms with E-state index in [-0.39, 0.29) is 29.9 Å². The van der Waals surface area contributed by atoms with Crippen LogP contribution in [0, 0.1) is 5.92 Å². The first kappa shape index (κ1) is 27.1. The lowest BCUT2D eigenvalue weighted by Gasteiger charge is -2.21. The molecule has 2 aromatic carbocycles. The smallest absolute Gasteiger partial charge is 0.258 e. The molecule has 0 saturated carbocycles. The summed E-state index contributed by atoms with van der Waals surface area (Å²) in [5, 5.41) is 9.33. The first-order valence-electron chi connectivity index (χ1n) is 11.0. The van der Waals surface area contributed by atoms with Crippen LogP contribution in [0.2, 0.25) is 5.02 Å². The number of hydrogen-bond donors (Lipinski definition) is 3. The number of nitrogens with one attached hydrogen (secondary N) is 3. The van der Waals surface area contributed by atoms with Crippen molar-refractivity contribution in [3.8, 4) is 17.2 Å². The Morgan fingerprint density at radius 1 is 1.03 bits per heavy atom. The van der Waals surface area contributed by atoms with E-state index >= 15 is 0 Å². The standard InChI is InChI=1S/C25H34ClN3O5/c1-15(2)24(31)28-19-9-8-17(12-20(19)32-6)27-13-16-10-18(26)23(21(11-16)33-7)34-14-22(30)29-25(3,4)5/h8-12,15,27H,13-14H2,1-7H3,(H,28,31)(H,29,30). The minimum Gasteiger partial charge on any atom is -0.494 e. The number of rotatable bonds is 10. The number of carbonyl (C=O) groups excluding carboxylic acids is 2. The minimum atomic E-state index is -0.356. The van der Waals surface area contributed by atoms with E-state index in [0.29, 0.717) is 34.5 Å². The van der Waals surface area contributed by atoms with Crippen molar-refractivity contribution in [3.63, 3.8) is 0 Å². The number of ether oxygens (including phenoxy) is 3. The van der Waals surface area contributed by atoms with Gasteiger partial charge in [0.15, 0.2) is 18.1 Å². The zero-order chi connectivity index (χ0) is 25.5. The molecule has 0 heterocycles. The summed E-state index contributed by atoms with van der Waals surface area (Å²) < 4.78 is 16.5. The maximum atomic E-state index is 12.1. The van der Waals surface area contributed by atoms with Crippen molar-refractivity contribution in [1.29, 1.82) is 0 Å². The van der Waals surface area contributed by atoms with E-state index in [4.69, 9.17) is 25.8 Å². The fourth-order valence-corrected chi connectivity index (χ4v) is 3.28. The highest BCUT2D eigenvalue weighted by Crippen LogP contribution is 2.37. The van der Waals surface area contributed by atoms with Crippen LogP contribution >= 0.6 is 11.6 Å². The summed E-state index contributed by atoms with van der Waals surface area (Å²) >= 11 is 6.43. The van der Waals surface area contributed by atoms with Gasteiger partial charge in [-0.3, -0.25) is 9.59 Å². The molecule has 0 atom stereocenters. The van der Waals surface area contributed by atoms with Crippen LogP contribution in [-0.2, 0) is 16.1 Å². The fourth-order valence-electron chi connectivity index (χ4n) is 2.99. The van der Waals surface area contributed by atoms with Crippen molar-refractivity contribution >= 4 is 34.8 Å². The number of methoxy groups -OCH3 is 2. The Labute approximate surface area is 206 Å². The van der Waals surface area contributed by atoms with Gasteiger partial charge >= 0.3 is 0 Å². The van der Waals surface area contributed by atoms with Crippen molar-refractivity contribution in [2.75, 3.05) is 31.5 Å². The Morgan fingerprint density at radius 2 is 1.71 bits per heavy atom. The molecule has 2 amide bonds. The van der Waals surface area contributed by atoms with Gasteiger partial charge in [0.2, 0.25) is 5.91 Å². The lowest BCUT2D eigenvalue weighted by molar-refractivity contribution is -0.124. The maximum absolute atomic E-state index is 12.1. The molecule has 34 heavy (non-hydrogen) atoms. The molecule has 2 aromatic rings. The molecule has 0 aliphatic carbocycles. The molecule has 0 spiro atoms. The molecule has 0 aliphatic rings. The average Bonchev–Trinajstić information content (AvgIpc) is 2.75. The zero-order valence-electron chi connectivity index (χ0n) is 20.8. The van der Waals surface area contributed by atoms with Gasteiger partial charge in [-0.15, -0.1) is 0 Å². The molecule has 8 nitrogen and oxygen atoms in total. The highest BCUT2D eigenvalue weighted by atomic mass is 35.5. The van der Waals surface area contributed by atoms with Crippen LogP contribution in [0.1, 0.15) is 40.2 Å². The molecule has 0 radical (unpaired) electrons. The summed E-state index contributed by atoms with van der Waals surface area (Å²) in [6, 6.07) is 8.99. The molecule has 0 fully saturated rings. The number of anilines is 2. The lowest BCUT2D eigenvalue weighted by atomic mass is 10.1. The van der Waals surface area contributed by atoms with Gasteiger partial charge < -0.3 is 30.2 Å². The Morgan fingerprint density at radius 3 is 2.29 bits per heavy atom. The summed E-state index contributed by atoms with van der Waals surface area (Å²) in [7, 11) is 3.06. The molecule has 0 saturated heterocycles. The molecule has 0 aliphatic heterocycles. The van der Waals surface area contributed by atoms with Gasteiger partial charge in [0.05, 0.1) is 24.9 Å². The first-order chi connectivity index (χ1) is 15.9. The van der Waals surface area contributed by atoms with Crippen LogP contribution in [0.5, 0.6) is 17.2 Å². The van der Waals surface area contributed by atoms with E-state index in [1.807, 2.05) is 40.7 Å². The average molecular weight is 492 g/mol. The highest BCUT2D eigenvalue weighted by molar-refractivity contribution is 6.32. The van der Waals surface area contributed by atoms with Crippen LogP contribution in [-0.4, -0.2) is 38.2 Å². The van der Waals surface area contributed by atoms with E-state index in [0.717, 1.165) is 11.3 Å². The lowest BCUT2D eigenvalue weighted by Crippen LogP contribution is -2.43. The second-order valence-electron chi connectivity index (χ2n) is 9.11. The van der Waals surface area contributed by atoms with Gasteiger partial charge in [-0.05, 0) is 50.6 Å². The molecule has 0 aromatic heterocycles. The number of hydrogen-bond acceptors (Lipinski definition) is 6. The quantitative estimate of drug-likeness (QED) is 0.439. The molecule has 186 valence electrons. The molecular weight excluding hydrogens is 458 g/mol. The summed E-state index contributed by atoms with van der Waals surface area (Å²) in [4.78, 5) is 24.1. The predicted octanol–water partition coefficient (Wildman–Crippen LogP) is 4.86. The molecule has 2 rings (SSSR count). The van der Waals surface area contributed by atoms with E-state index in [9.17, 15) is 9.59 Å². The van der Waals surface area contributed by atoms with Gasteiger partial charge in [-0.25, -0.2) is 0 Å². The van der Waals surface area contributed by atoms with Gasteiger partial charge in [0.1, 0.15) is 5.75 Å². The SMILES string of the molecule is COc1cc(NCc2cc(Cl)c(OCC(=O)NC(C)(C)C)c(OC)c2)ccc1NC(=O)C(C)C. The largest absolute Gasteiger partial charge is 0.494 e. The van der Waals surface area contributed by atoms with Gasteiger partial charge in [-0.2, -0.15) is 0 Å². The van der Waals surface area contributed by atoms with Crippen molar-refractivity contribution in [2.45, 2.75) is 46.7 Å². The molecular formula is C25H34ClN3O5. The number of carbonyl (C=O) groups is 2. The van der Waals surface area contributed by atoms with Gasteiger partial charge in [0.25, 0.3) is 5.91 Å². The minimum absolute atomic E-state index is 0.0843. The topological polar surface area (TPSA) is 97.9 Å². The second-order valence-corrected chi connectivity index (χ2v) is 9.52. The van der Waals surface area contributed by atoms with E-state index in [2.05, 4.69) is 16.0 Å². The van der Waals surface area contributed by atoms with Crippen LogP contribution < -0.4 is 30.2 Å². The fraction of sp³-hybridized carbons (Fsp3) is 0.440.